The fraction of sp³-hybridized carbons (Fsp3) is 0.407. The molecule has 0 unspecified atom stereocenters. The Balaban J connectivity index is 1.48. The monoisotopic (exact) mass is 478 g/mol. The molecule has 3 aromatic rings. The molecular formula is C27H31FN4OS. The summed E-state index contributed by atoms with van der Waals surface area (Å²) in [4.78, 5) is 21.2. The van der Waals surface area contributed by atoms with Crippen LogP contribution in [0.3, 0.4) is 0 Å². The third-order valence-electron chi connectivity index (χ3n) is 7.04. The Bertz CT molecular complexity index is 1120. The number of carbonyl (C=O) groups is 1. The highest BCUT2D eigenvalue weighted by atomic mass is 32.1. The predicted octanol–water partition coefficient (Wildman–Crippen LogP) is 5.14. The van der Waals surface area contributed by atoms with Gasteiger partial charge in [-0.3, -0.25) is 4.79 Å². The molecule has 1 saturated carbocycles. The van der Waals surface area contributed by atoms with E-state index in [1.807, 2.05) is 35.5 Å². The lowest BCUT2D eigenvalue weighted by Gasteiger charge is -2.36. The van der Waals surface area contributed by atoms with Gasteiger partial charge in [0.05, 0.1) is 12.0 Å². The van der Waals surface area contributed by atoms with Crippen molar-refractivity contribution in [1.29, 1.82) is 0 Å². The quantitative estimate of drug-likeness (QED) is 0.499. The summed E-state index contributed by atoms with van der Waals surface area (Å²) in [5.41, 5.74) is 3.29. The molecule has 2 fully saturated rings. The van der Waals surface area contributed by atoms with Crippen molar-refractivity contribution < 1.29 is 9.18 Å². The Labute approximate surface area is 205 Å². The SMILES string of the molecule is O=C(c1ncn(C2CCCCC2)c1-c1ccccc1)N1CCNC[C@H]1Cc1cc(F)cc(S)c1. The molecule has 34 heavy (non-hydrogen) atoms. The van der Waals surface area contributed by atoms with E-state index in [-0.39, 0.29) is 17.8 Å². The molecule has 1 aliphatic heterocycles. The normalized spacial score (nSPS) is 19.4. The molecule has 1 atom stereocenters. The molecule has 0 spiro atoms. The summed E-state index contributed by atoms with van der Waals surface area (Å²) in [6, 6.07) is 15.2. The molecule has 0 bridgehead atoms. The van der Waals surface area contributed by atoms with Gasteiger partial charge in [0.1, 0.15) is 5.82 Å². The minimum atomic E-state index is -0.304. The molecule has 178 valence electrons. The average molecular weight is 479 g/mol. The second-order valence-corrected chi connectivity index (χ2v) is 9.90. The number of nitrogens with one attached hydrogen (secondary N) is 1. The first kappa shape index (κ1) is 23.1. The Morgan fingerprint density at radius 1 is 1.12 bits per heavy atom. The Kier molecular flexibility index (Phi) is 7.02. The van der Waals surface area contributed by atoms with Crippen LogP contribution in [0.4, 0.5) is 4.39 Å². The lowest BCUT2D eigenvalue weighted by Crippen LogP contribution is -2.54. The number of rotatable bonds is 5. The number of carbonyl (C=O) groups excluding carboxylic acids is 1. The summed E-state index contributed by atoms with van der Waals surface area (Å²) < 4.78 is 16.2. The van der Waals surface area contributed by atoms with E-state index >= 15 is 0 Å². The van der Waals surface area contributed by atoms with Gasteiger partial charge in [0.2, 0.25) is 0 Å². The van der Waals surface area contributed by atoms with Gasteiger partial charge in [-0.05, 0) is 43.0 Å². The van der Waals surface area contributed by atoms with Gasteiger partial charge in [0.25, 0.3) is 5.91 Å². The number of hydrogen-bond acceptors (Lipinski definition) is 4. The van der Waals surface area contributed by atoms with Crippen LogP contribution < -0.4 is 5.32 Å². The van der Waals surface area contributed by atoms with E-state index in [0.29, 0.717) is 36.1 Å². The third-order valence-corrected chi connectivity index (χ3v) is 7.29. The maximum absolute atomic E-state index is 14.0. The Morgan fingerprint density at radius 3 is 2.68 bits per heavy atom. The van der Waals surface area contributed by atoms with Crippen molar-refractivity contribution in [3.63, 3.8) is 0 Å². The number of hydrogen-bond donors (Lipinski definition) is 2. The number of benzene rings is 2. The molecule has 0 radical (unpaired) electrons. The maximum atomic E-state index is 14.0. The van der Waals surface area contributed by atoms with Gasteiger partial charge >= 0.3 is 0 Å². The molecule has 5 nitrogen and oxygen atoms in total. The van der Waals surface area contributed by atoms with E-state index in [9.17, 15) is 9.18 Å². The van der Waals surface area contributed by atoms with Crippen molar-refractivity contribution >= 4 is 18.5 Å². The van der Waals surface area contributed by atoms with Gasteiger partial charge in [-0.15, -0.1) is 12.6 Å². The second kappa shape index (κ2) is 10.3. The summed E-state index contributed by atoms with van der Waals surface area (Å²) in [6.45, 7) is 1.98. The first-order chi connectivity index (χ1) is 16.6. The molecule has 1 amide bonds. The fourth-order valence-electron chi connectivity index (χ4n) is 5.41. The molecule has 1 N–H and O–H groups in total. The van der Waals surface area contributed by atoms with Crippen LogP contribution in [-0.4, -0.2) is 46.0 Å². The number of nitrogens with zero attached hydrogens (tertiary/aromatic N) is 3. The highest BCUT2D eigenvalue weighted by Crippen LogP contribution is 2.34. The lowest BCUT2D eigenvalue weighted by atomic mass is 9.94. The molecule has 2 aliphatic rings. The van der Waals surface area contributed by atoms with E-state index in [1.54, 1.807) is 0 Å². The van der Waals surface area contributed by atoms with Crippen LogP contribution in [0.25, 0.3) is 11.3 Å². The fourth-order valence-corrected chi connectivity index (χ4v) is 5.69. The van der Waals surface area contributed by atoms with Crippen LogP contribution in [0.1, 0.15) is 54.2 Å². The molecule has 2 aromatic carbocycles. The standard InChI is InChI=1S/C27H31FN4OS/c28-21-13-19(15-24(34)16-21)14-23-17-29-11-12-31(23)27(33)25-26(20-7-3-1-4-8-20)32(18-30-25)22-9-5-2-6-10-22/h1,3-4,7-8,13,15-16,18,22-23,29,34H,2,5-6,9-12,14,17H2/t23-/m1/s1. The number of halogens is 1. The lowest BCUT2D eigenvalue weighted by molar-refractivity contribution is 0.0631. The summed E-state index contributed by atoms with van der Waals surface area (Å²) in [5.74, 6) is -0.357. The highest BCUT2D eigenvalue weighted by molar-refractivity contribution is 7.80. The zero-order valence-electron chi connectivity index (χ0n) is 19.3. The minimum Gasteiger partial charge on any atom is -0.331 e. The zero-order chi connectivity index (χ0) is 23.5. The van der Waals surface area contributed by atoms with Gasteiger partial charge in [-0.2, -0.15) is 0 Å². The topological polar surface area (TPSA) is 50.2 Å². The van der Waals surface area contributed by atoms with Crippen LogP contribution in [0.5, 0.6) is 0 Å². The number of thiol groups is 1. The second-order valence-electron chi connectivity index (χ2n) is 9.39. The molecule has 7 heteroatoms. The average Bonchev–Trinajstić information content (AvgIpc) is 3.30. The van der Waals surface area contributed by atoms with E-state index in [0.717, 1.165) is 36.2 Å². The number of aromatic nitrogens is 2. The van der Waals surface area contributed by atoms with Crippen LogP contribution in [0, 0.1) is 5.82 Å². The van der Waals surface area contributed by atoms with E-state index in [2.05, 4.69) is 34.6 Å². The number of imidazole rings is 1. The van der Waals surface area contributed by atoms with Gasteiger partial charge in [0, 0.05) is 42.2 Å². The van der Waals surface area contributed by atoms with Gasteiger partial charge in [0.15, 0.2) is 5.69 Å². The first-order valence-electron chi connectivity index (χ1n) is 12.2. The summed E-state index contributed by atoms with van der Waals surface area (Å²) in [5, 5.41) is 3.39. The molecule has 2 heterocycles. The van der Waals surface area contributed by atoms with Crippen molar-refractivity contribution in [1.82, 2.24) is 19.8 Å². The van der Waals surface area contributed by atoms with Gasteiger partial charge in [-0.1, -0.05) is 49.6 Å². The van der Waals surface area contributed by atoms with Crippen molar-refractivity contribution in [3.8, 4) is 11.3 Å². The molecule has 1 saturated heterocycles. The van der Waals surface area contributed by atoms with Crippen LogP contribution in [0.15, 0.2) is 59.8 Å². The number of amides is 1. The van der Waals surface area contributed by atoms with E-state index < -0.39 is 0 Å². The summed E-state index contributed by atoms with van der Waals surface area (Å²) >= 11 is 4.32. The smallest absolute Gasteiger partial charge is 0.275 e. The van der Waals surface area contributed by atoms with Crippen LogP contribution in [0.2, 0.25) is 0 Å². The largest absolute Gasteiger partial charge is 0.331 e. The van der Waals surface area contributed by atoms with Gasteiger partial charge in [-0.25, -0.2) is 9.37 Å². The highest BCUT2D eigenvalue weighted by Gasteiger charge is 2.32. The van der Waals surface area contributed by atoms with Crippen molar-refractivity contribution in [2.75, 3.05) is 19.6 Å². The molecule has 5 rings (SSSR count). The predicted molar refractivity (Wildman–Crippen MR) is 135 cm³/mol. The molecular weight excluding hydrogens is 447 g/mol. The molecule has 1 aliphatic carbocycles. The van der Waals surface area contributed by atoms with E-state index in [1.165, 1.54) is 31.4 Å². The number of piperazine rings is 1. The van der Waals surface area contributed by atoms with Crippen LogP contribution >= 0.6 is 12.6 Å². The molecule has 1 aromatic heterocycles. The van der Waals surface area contributed by atoms with Crippen LogP contribution in [-0.2, 0) is 6.42 Å². The Hall–Kier alpha value is -2.64. The third kappa shape index (κ3) is 4.91. The maximum Gasteiger partial charge on any atom is 0.275 e. The Morgan fingerprint density at radius 2 is 1.91 bits per heavy atom. The minimum absolute atomic E-state index is 0.0533. The first-order valence-corrected chi connectivity index (χ1v) is 12.7. The summed E-state index contributed by atoms with van der Waals surface area (Å²) in [6.07, 6.45) is 8.35. The van der Waals surface area contributed by atoms with Crippen molar-refractivity contribution in [3.05, 3.63) is 71.9 Å². The van der Waals surface area contributed by atoms with Gasteiger partial charge < -0.3 is 14.8 Å². The van der Waals surface area contributed by atoms with Crippen molar-refractivity contribution in [2.24, 2.45) is 0 Å². The van der Waals surface area contributed by atoms with E-state index in [4.69, 9.17) is 4.98 Å². The van der Waals surface area contributed by atoms with Crippen molar-refractivity contribution in [2.45, 2.75) is 55.5 Å². The zero-order valence-corrected chi connectivity index (χ0v) is 20.2. The summed E-state index contributed by atoms with van der Waals surface area (Å²) in [7, 11) is 0.